The molecule has 0 bridgehead atoms. The Labute approximate surface area is 221 Å². The molecular formula is C28H46N4O5. The van der Waals surface area contributed by atoms with Crippen LogP contribution >= 0.6 is 0 Å². The highest BCUT2D eigenvalue weighted by atomic mass is 16.5. The van der Waals surface area contributed by atoms with E-state index in [0.29, 0.717) is 19.3 Å². The van der Waals surface area contributed by atoms with Crippen molar-refractivity contribution < 1.29 is 23.9 Å². The molecule has 0 radical (unpaired) electrons. The average molecular weight is 519 g/mol. The quantitative estimate of drug-likeness (QED) is 0.248. The van der Waals surface area contributed by atoms with E-state index >= 15 is 0 Å². The normalized spacial score (nSPS) is 14.6. The summed E-state index contributed by atoms with van der Waals surface area (Å²) in [7, 11) is 0. The third-order valence-corrected chi connectivity index (χ3v) is 5.77. The first-order valence-corrected chi connectivity index (χ1v) is 13.2. The number of hydrogen-bond acceptors (Lipinski definition) is 6. The third-order valence-electron chi connectivity index (χ3n) is 5.77. The molecule has 0 aliphatic heterocycles. The van der Waals surface area contributed by atoms with Gasteiger partial charge in [0, 0.05) is 0 Å². The van der Waals surface area contributed by atoms with Crippen molar-refractivity contribution in [3.8, 4) is 0 Å². The largest absolute Gasteiger partial charge is 0.460 e. The molecule has 9 heteroatoms. The summed E-state index contributed by atoms with van der Waals surface area (Å²) in [6.45, 7) is 13.5. The van der Waals surface area contributed by atoms with Crippen molar-refractivity contribution in [3.05, 3.63) is 35.9 Å². The lowest BCUT2D eigenvalue weighted by Gasteiger charge is -2.29. The maximum atomic E-state index is 13.4. The number of ether oxygens (including phenoxy) is 1. The van der Waals surface area contributed by atoms with Gasteiger partial charge in [-0.05, 0) is 49.5 Å². The van der Waals surface area contributed by atoms with Gasteiger partial charge < -0.3 is 21.1 Å². The van der Waals surface area contributed by atoms with Crippen LogP contribution in [0.5, 0.6) is 0 Å². The van der Waals surface area contributed by atoms with Crippen LogP contribution in [0.15, 0.2) is 30.3 Å². The summed E-state index contributed by atoms with van der Waals surface area (Å²) >= 11 is 0. The Hall–Kier alpha value is -2.94. The number of carbonyl (C=O) groups excluding carboxylic acids is 4. The molecule has 0 saturated carbocycles. The fourth-order valence-corrected chi connectivity index (χ4v) is 3.86. The first-order valence-electron chi connectivity index (χ1n) is 13.2. The molecule has 0 aliphatic rings. The first kappa shape index (κ1) is 32.1. The third kappa shape index (κ3) is 12.7. The van der Waals surface area contributed by atoms with Gasteiger partial charge in [0.05, 0.1) is 6.04 Å². The second kappa shape index (κ2) is 16.0. The summed E-state index contributed by atoms with van der Waals surface area (Å²) in [6.07, 6.45) is 1.33. The Bertz CT molecular complexity index is 873. The molecule has 0 spiro atoms. The molecule has 0 fully saturated rings. The summed E-state index contributed by atoms with van der Waals surface area (Å²) in [5, 5.41) is 8.62. The van der Waals surface area contributed by atoms with Crippen LogP contribution in [0.25, 0.3) is 0 Å². The van der Waals surface area contributed by atoms with Crippen molar-refractivity contribution in [2.45, 2.75) is 98.5 Å². The van der Waals surface area contributed by atoms with Gasteiger partial charge in [0.15, 0.2) is 0 Å². The van der Waals surface area contributed by atoms with E-state index in [1.165, 1.54) is 6.92 Å². The van der Waals surface area contributed by atoms with Gasteiger partial charge in [0.1, 0.15) is 24.7 Å². The summed E-state index contributed by atoms with van der Waals surface area (Å²) in [5.74, 6) is -1.50. The van der Waals surface area contributed by atoms with E-state index in [1.54, 1.807) is 0 Å². The molecule has 3 amide bonds. The van der Waals surface area contributed by atoms with Gasteiger partial charge in [-0.25, -0.2) is 0 Å². The highest BCUT2D eigenvalue weighted by Gasteiger charge is 2.32. The van der Waals surface area contributed by atoms with Crippen LogP contribution in [-0.4, -0.2) is 47.9 Å². The Kier molecular flexibility index (Phi) is 13.9. The summed E-state index contributed by atoms with van der Waals surface area (Å²) in [6, 6.07) is 6.30. The van der Waals surface area contributed by atoms with E-state index in [0.717, 1.165) is 5.56 Å². The number of amides is 3. The Morgan fingerprint density at radius 1 is 0.730 bits per heavy atom. The Morgan fingerprint density at radius 3 is 1.73 bits per heavy atom. The molecule has 9 nitrogen and oxygen atoms in total. The molecule has 1 aromatic carbocycles. The lowest BCUT2D eigenvalue weighted by Crippen LogP contribution is -2.57. The SMILES string of the molecule is CC(C)C[C@H](NC(=O)[C@H](CC(C)C)N[C@H](CC(C)C)C(=O)OCc1ccccc1)C(=O)N[C@@H](C)C(N)=O. The van der Waals surface area contributed by atoms with Gasteiger partial charge in [-0.1, -0.05) is 71.9 Å². The zero-order chi connectivity index (χ0) is 28.1. The van der Waals surface area contributed by atoms with Gasteiger partial charge in [0.2, 0.25) is 17.7 Å². The highest BCUT2D eigenvalue weighted by Crippen LogP contribution is 2.14. The standard InChI is InChI=1S/C28H46N4O5/c1-17(2)13-22(27(35)32-23(14-18(3)4)26(34)30-20(7)25(29)33)31-24(15-19(5)6)28(36)37-16-21-11-9-8-10-12-21/h8-12,17-20,22-24,31H,13-16H2,1-7H3,(H2,29,33)(H,30,34)(H,32,35)/t20-,22-,23-,24+/m0/s1. The Balaban J connectivity index is 3.03. The molecule has 1 rings (SSSR count). The number of benzene rings is 1. The van der Waals surface area contributed by atoms with Crippen molar-refractivity contribution in [1.29, 1.82) is 0 Å². The predicted molar refractivity (Wildman–Crippen MR) is 144 cm³/mol. The molecule has 208 valence electrons. The van der Waals surface area contributed by atoms with Gasteiger partial charge in [-0.15, -0.1) is 0 Å². The molecule has 0 aromatic heterocycles. The zero-order valence-corrected chi connectivity index (χ0v) is 23.4. The van der Waals surface area contributed by atoms with E-state index in [2.05, 4.69) is 16.0 Å². The molecule has 5 N–H and O–H groups in total. The number of nitrogens with two attached hydrogens (primary N) is 1. The van der Waals surface area contributed by atoms with Crippen LogP contribution in [0.2, 0.25) is 0 Å². The molecule has 1 aromatic rings. The molecule has 4 atom stereocenters. The molecular weight excluding hydrogens is 472 g/mol. The predicted octanol–water partition coefficient (Wildman–Crippen LogP) is 2.67. The average Bonchev–Trinajstić information content (AvgIpc) is 2.80. The molecule has 0 aliphatic carbocycles. The van der Waals surface area contributed by atoms with E-state index in [1.807, 2.05) is 71.9 Å². The van der Waals surface area contributed by atoms with Crippen molar-refractivity contribution in [3.63, 3.8) is 0 Å². The molecule has 0 saturated heterocycles. The van der Waals surface area contributed by atoms with Crippen molar-refractivity contribution in [2.24, 2.45) is 23.5 Å². The first-order chi connectivity index (χ1) is 17.3. The van der Waals surface area contributed by atoms with Crippen LogP contribution < -0.4 is 21.7 Å². The summed E-state index contributed by atoms with van der Waals surface area (Å²) in [4.78, 5) is 50.7. The Morgan fingerprint density at radius 2 is 1.22 bits per heavy atom. The number of hydrogen-bond donors (Lipinski definition) is 4. The van der Waals surface area contributed by atoms with Crippen LogP contribution in [0, 0.1) is 17.8 Å². The lowest BCUT2D eigenvalue weighted by molar-refractivity contribution is -0.148. The highest BCUT2D eigenvalue weighted by molar-refractivity contribution is 5.92. The second-order valence-electron chi connectivity index (χ2n) is 10.9. The maximum Gasteiger partial charge on any atom is 0.323 e. The number of carbonyl (C=O) groups is 4. The van der Waals surface area contributed by atoms with E-state index in [4.69, 9.17) is 10.5 Å². The van der Waals surface area contributed by atoms with Crippen LogP contribution in [-0.2, 0) is 30.5 Å². The van der Waals surface area contributed by atoms with Gasteiger partial charge >= 0.3 is 5.97 Å². The minimum atomic E-state index is -0.863. The van der Waals surface area contributed by atoms with Gasteiger partial charge in [0.25, 0.3) is 0 Å². The van der Waals surface area contributed by atoms with Crippen molar-refractivity contribution in [1.82, 2.24) is 16.0 Å². The van der Waals surface area contributed by atoms with E-state index < -0.39 is 42.0 Å². The second-order valence-corrected chi connectivity index (χ2v) is 10.9. The fourth-order valence-electron chi connectivity index (χ4n) is 3.86. The van der Waals surface area contributed by atoms with Crippen LogP contribution in [0.4, 0.5) is 0 Å². The van der Waals surface area contributed by atoms with Crippen LogP contribution in [0.1, 0.15) is 73.3 Å². The number of primary amides is 1. The lowest BCUT2D eigenvalue weighted by atomic mass is 9.97. The molecule has 0 unspecified atom stereocenters. The number of rotatable bonds is 16. The smallest absolute Gasteiger partial charge is 0.323 e. The zero-order valence-electron chi connectivity index (χ0n) is 23.4. The fraction of sp³-hybridized carbons (Fsp3) is 0.643. The number of nitrogens with one attached hydrogen (secondary N) is 3. The van der Waals surface area contributed by atoms with Crippen molar-refractivity contribution in [2.75, 3.05) is 0 Å². The molecule has 0 heterocycles. The monoisotopic (exact) mass is 518 g/mol. The minimum Gasteiger partial charge on any atom is -0.460 e. The van der Waals surface area contributed by atoms with E-state index in [9.17, 15) is 19.2 Å². The van der Waals surface area contributed by atoms with Crippen molar-refractivity contribution >= 4 is 23.7 Å². The van der Waals surface area contributed by atoms with Gasteiger partial charge in [-0.2, -0.15) is 0 Å². The van der Waals surface area contributed by atoms with Gasteiger partial charge in [-0.3, -0.25) is 24.5 Å². The summed E-state index contributed by atoms with van der Waals surface area (Å²) < 4.78 is 5.57. The minimum absolute atomic E-state index is 0.109. The summed E-state index contributed by atoms with van der Waals surface area (Å²) in [5.41, 5.74) is 6.16. The van der Waals surface area contributed by atoms with Crippen LogP contribution in [0.3, 0.4) is 0 Å². The molecule has 37 heavy (non-hydrogen) atoms. The number of esters is 1. The van der Waals surface area contributed by atoms with E-state index in [-0.39, 0.29) is 30.3 Å². The topological polar surface area (TPSA) is 140 Å². The maximum absolute atomic E-state index is 13.4.